The first-order chi connectivity index (χ1) is 14.8. The van der Waals surface area contributed by atoms with Crippen LogP contribution in [-0.2, 0) is 5.75 Å². The van der Waals surface area contributed by atoms with E-state index in [1.54, 1.807) is 0 Å². The highest BCUT2D eigenvalue weighted by molar-refractivity contribution is 7.98. The van der Waals surface area contributed by atoms with Crippen LogP contribution >= 0.6 is 23.4 Å². The molecular formula is C24H23ClN4S. The number of hydrogen-bond acceptors (Lipinski definition) is 5. The third-order valence-corrected chi connectivity index (χ3v) is 7.04. The first-order valence-corrected chi connectivity index (χ1v) is 11.6. The molecule has 152 valence electrons. The maximum atomic E-state index is 6.38. The normalized spacial score (nSPS) is 18.0. The topological polar surface area (TPSA) is 32.3 Å². The number of thioether (sulfide) groups is 1. The predicted molar refractivity (Wildman–Crippen MR) is 125 cm³/mol. The van der Waals surface area contributed by atoms with Gasteiger partial charge in [0.25, 0.3) is 0 Å². The van der Waals surface area contributed by atoms with Gasteiger partial charge in [0.2, 0.25) is 5.95 Å². The number of halogens is 1. The number of piperazine rings is 1. The minimum atomic E-state index is 0.788. The quantitative estimate of drug-likeness (QED) is 0.579. The smallest absolute Gasteiger partial charge is 0.225 e. The second-order valence-electron chi connectivity index (χ2n) is 7.54. The molecule has 1 aromatic heterocycles. The fraction of sp³-hybridized carbons (Fsp3) is 0.250. The third-order valence-electron chi connectivity index (χ3n) is 5.68. The summed E-state index contributed by atoms with van der Waals surface area (Å²) in [6.07, 6.45) is 6.00. The zero-order chi connectivity index (χ0) is 20.3. The number of fused-ring (bicyclic) bond motifs is 2. The van der Waals surface area contributed by atoms with Crippen LogP contribution in [0.1, 0.15) is 16.7 Å². The number of anilines is 1. The van der Waals surface area contributed by atoms with Gasteiger partial charge in [-0.1, -0.05) is 41.9 Å². The summed E-state index contributed by atoms with van der Waals surface area (Å²) in [5.41, 5.74) is 5.24. The van der Waals surface area contributed by atoms with E-state index in [4.69, 9.17) is 11.6 Å². The monoisotopic (exact) mass is 434 g/mol. The van der Waals surface area contributed by atoms with E-state index >= 15 is 0 Å². The van der Waals surface area contributed by atoms with Crippen molar-refractivity contribution in [2.24, 2.45) is 0 Å². The highest BCUT2D eigenvalue weighted by Gasteiger charge is 2.21. The second-order valence-corrected chi connectivity index (χ2v) is 8.99. The lowest BCUT2D eigenvalue weighted by Gasteiger charge is -2.34. The van der Waals surface area contributed by atoms with Crippen LogP contribution in [0.3, 0.4) is 0 Å². The van der Waals surface area contributed by atoms with Gasteiger partial charge in [-0.25, -0.2) is 9.97 Å². The summed E-state index contributed by atoms with van der Waals surface area (Å²) in [6.45, 7) is 4.82. The van der Waals surface area contributed by atoms with Crippen LogP contribution in [-0.4, -0.2) is 47.6 Å². The Morgan fingerprint density at radius 3 is 2.57 bits per heavy atom. The largest absolute Gasteiger partial charge is 0.338 e. The minimum Gasteiger partial charge on any atom is -0.338 e. The van der Waals surface area contributed by atoms with Gasteiger partial charge in [0, 0.05) is 60.8 Å². The number of rotatable bonds is 3. The van der Waals surface area contributed by atoms with Crippen LogP contribution in [0.5, 0.6) is 0 Å². The summed E-state index contributed by atoms with van der Waals surface area (Å²) >= 11 is 8.27. The molecule has 0 N–H and O–H groups in total. The van der Waals surface area contributed by atoms with Gasteiger partial charge in [0.05, 0.1) is 0 Å². The average Bonchev–Trinajstić information content (AvgIpc) is 2.95. The molecule has 2 aliphatic rings. The van der Waals surface area contributed by atoms with E-state index < -0.39 is 0 Å². The predicted octanol–water partition coefficient (Wildman–Crippen LogP) is 4.99. The number of aromatic nitrogens is 2. The molecule has 6 heteroatoms. The molecule has 0 saturated carbocycles. The second kappa shape index (κ2) is 8.80. The summed E-state index contributed by atoms with van der Waals surface area (Å²) < 4.78 is 0. The highest BCUT2D eigenvalue weighted by atomic mass is 35.5. The summed E-state index contributed by atoms with van der Waals surface area (Å²) in [6, 6.07) is 16.9. The van der Waals surface area contributed by atoms with Crippen LogP contribution in [0.25, 0.3) is 5.57 Å². The van der Waals surface area contributed by atoms with Crippen LogP contribution in [0.15, 0.2) is 71.9 Å². The van der Waals surface area contributed by atoms with Gasteiger partial charge in [0.1, 0.15) is 0 Å². The molecule has 3 heterocycles. The Labute approximate surface area is 186 Å². The molecule has 1 fully saturated rings. The van der Waals surface area contributed by atoms with Crippen molar-refractivity contribution in [3.05, 3.63) is 88.7 Å². The van der Waals surface area contributed by atoms with Crippen molar-refractivity contribution in [3.8, 4) is 0 Å². The van der Waals surface area contributed by atoms with E-state index in [9.17, 15) is 0 Å². The summed E-state index contributed by atoms with van der Waals surface area (Å²) in [7, 11) is 0. The van der Waals surface area contributed by atoms with Gasteiger partial charge in [-0.15, -0.1) is 11.8 Å². The zero-order valence-electron chi connectivity index (χ0n) is 16.7. The maximum absolute atomic E-state index is 6.38. The SMILES string of the molecule is Clc1ccc2c(c1)/C(=C/CN1CCN(c3ncccn3)CC1)c1ccccc1CS2. The molecule has 0 aliphatic carbocycles. The highest BCUT2D eigenvalue weighted by Crippen LogP contribution is 2.41. The van der Waals surface area contributed by atoms with Crippen LogP contribution < -0.4 is 4.90 Å². The molecule has 0 atom stereocenters. The van der Waals surface area contributed by atoms with Gasteiger partial charge in [0.15, 0.2) is 0 Å². The van der Waals surface area contributed by atoms with E-state index in [-0.39, 0.29) is 0 Å². The van der Waals surface area contributed by atoms with Crippen molar-refractivity contribution in [2.45, 2.75) is 10.6 Å². The van der Waals surface area contributed by atoms with Gasteiger partial charge in [-0.2, -0.15) is 0 Å². The van der Waals surface area contributed by atoms with Crippen molar-refractivity contribution in [2.75, 3.05) is 37.6 Å². The number of benzene rings is 2. The Balaban J connectivity index is 1.38. The molecule has 0 bridgehead atoms. The molecule has 5 rings (SSSR count). The molecule has 0 unspecified atom stereocenters. The zero-order valence-corrected chi connectivity index (χ0v) is 18.2. The number of nitrogens with zero attached hydrogens (tertiary/aromatic N) is 4. The van der Waals surface area contributed by atoms with Gasteiger partial charge in [-0.3, -0.25) is 4.90 Å². The van der Waals surface area contributed by atoms with Crippen LogP contribution in [0.4, 0.5) is 5.95 Å². The van der Waals surface area contributed by atoms with Crippen molar-refractivity contribution >= 4 is 34.9 Å². The van der Waals surface area contributed by atoms with Gasteiger partial charge >= 0.3 is 0 Å². The number of hydrogen-bond donors (Lipinski definition) is 0. The average molecular weight is 435 g/mol. The fourth-order valence-electron chi connectivity index (χ4n) is 4.07. The lowest BCUT2D eigenvalue weighted by Crippen LogP contribution is -2.47. The Morgan fingerprint density at radius 1 is 0.933 bits per heavy atom. The molecule has 0 spiro atoms. The lowest BCUT2D eigenvalue weighted by molar-refractivity contribution is 0.283. The minimum absolute atomic E-state index is 0.788. The molecule has 2 aromatic carbocycles. The van der Waals surface area contributed by atoms with E-state index in [1.807, 2.05) is 36.3 Å². The molecule has 1 saturated heterocycles. The molecular weight excluding hydrogens is 412 g/mol. The first-order valence-electron chi connectivity index (χ1n) is 10.2. The van der Waals surface area contributed by atoms with E-state index in [0.29, 0.717) is 0 Å². The van der Waals surface area contributed by atoms with E-state index in [0.717, 1.165) is 49.4 Å². The van der Waals surface area contributed by atoms with Crippen molar-refractivity contribution in [3.63, 3.8) is 0 Å². The van der Waals surface area contributed by atoms with Crippen molar-refractivity contribution in [1.29, 1.82) is 0 Å². The van der Waals surface area contributed by atoms with Crippen LogP contribution in [0.2, 0.25) is 5.02 Å². The Bertz CT molecular complexity index is 1060. The Kier molecular flexibility index (Phi) is 5.75. The Hall–Kier alpha value is -2.34. The molecule has 0 amide bonds. The standard InChI is InChI=1S/C24H23ClN4S/c25-19-6-7-23-22(16-19)21(20-5-2-1-4-18(20)17-30-23)8-11-28-12-14-29(15-13-28)24-26-9-3-10-27-24/h1-10,16H,11-15,17H2/b21-8+. The van der Waals surface area contributed by atoms with E-state index in [1.165, 1.54) is 27.2 Å². The van der Waals surface area contributed by atoms with E-state index in [2.05, 4.69) is 62.2 Å². The fourth-order valence-corrected chi connectivity index (χ4v) is 5.30. The molecule has 3 aromatic rings. The maximum Gasteiger partial charge on any atom is 0.225 e. The molecule has 0 radical (unpaired) electrons. The van der Waals surface area contributed by atoms with Crippen molar-refractivity contribution < 1.29 is 0 Å². The lowest BCUT2D eigenvalue weighted by atomic mass is 9.94. The molecule has 2 aliphatic heterocycles. The van der Waals surface area contributed by atoms with Crippen LogP contribution in [0, 0.1) is 0 Å². The Morgan fingerprint density at radius 2 is 1.73 bits per heavy atom. The first kappa shape index (κ1) is 19.6. The summed E-state index contributed by atoms with van der Waals surface area (Å²) in [5, 5.41) is 0.788. The third kappa shape index (κ3) is 4.10. The van der Waals surface area contributed by atoms with Crippen molar-refractivity contribution in [1.82, 2.24) is 14.9 Å². The summed E-state index contributed by atoms with van der Waals surface area (Å²) in [5.74, 6) is 1.81. The van der Waals surface area contributed by atoms with Gasteiger partial charge < -0.3 is 4.90 Å². The molecule has 4 nitrogen and oxygen atoms in total. The molecule has 30 heavy (non-hydrogen) atoms. The van der Waals surface area contributed by atoms with Gasteiger partial charge in [-0.05, 0) is 46.5 Å². The summed E-state index contributed by atoms with van der Waals surface area (Å²) in [4.78, 5) is 14.8.